The molecule has 0 aliphatic carbocycles. The normalized spacial score (nSPS) is 12.0. The van der Waals surface area contributed by atoms with Crippen molar-refractivity contribution in [3.63, 3.8) is 0 Å². The third kappa shape index (κ3) is 6.02. The number of carbonyl (C=O) groups is 1. The van der Waals surface area contributed by atoms with Crippen molar-refractivity contribution in [2.45, 2.75) is 33.1 Å². The summed E-state index contributed by atoms with van der Waals surface area (Å²) < 4.78 is 6.33. The Balaban J connectivity index is 1.90. The van der Waals surface area contributed by atoms with E-state index >= 15 is 0 Å². The van der Waals surface area contributed by atoms with Crippen molar-refractivity contribution in [1.29, 1.82) is 0 Å². The zero-order chi connectivity index (χ0) is 18.4. The van der Waals surface area contributed by atoms with E-state index < -0.39 is 0 Å². The molecule has 0 spiro atoms. The number of nitrogens with one attached hydrogen (secondary N) is 1. The molecule has 132 valence electrons. The number of rotatable bonds is 5. The molecule has 0 aliphatic heterocycles. The molecule has 0 aromatic heterocycles. The number of halogens is 1. The fourth-order valence-corrected chi connectivity index (χ4v) is 2.54. The summed E-state index contributed by atoms with van der Waals surface area (Å²) >= 11 is 3.36. The number of carbonyl (C=O) groups excluding carboxylic acids is 1. The van der Waals surface area contributed by atoms with E-state index in [1.807, 2.05) is 31.2 Å². The third-order valence-corrected chi connectivity index (χ3v) is 4.18. The molecular formula is C20H23BrN2O2. The van der Waals surface area contributed by atoms with Crippen LogP contribution in [0, 0.1) is 0 Å². The van der Waals surface area contributed by atoms with Crippen LogP contribution in [0.5, 0.6) is 5.75 Å². The molecule has 1 N–H and O–H groups in total. The smallest absolute Gasteiger partial charge is 0.277 e. The molecule has 0 heterocycles. The first kappa shape index (κ1) is 19.2. The molecule has 2 aromatic rings. The highest BCUT2D eigenvalue weighted by atomic mass is 79.9. The molecule has 0 saturated heterocycles. The number of amides is 1. The van der Waals surface area contributed by atoms with Crippen molar-refractivity contribution in [1.82, 2.24) is 5.43 Å². The Morgan fingerprint density at radius 2 is 1.84 bits per heavy atom. The summed E-state index contributed by atoms with van der Waals surface area (Å²) in [5, 5.41) is 4.14. The molecule has 2 aromatic carbocycles. The van der Waals surface area contributed by atoms with Gasteiger partial charge in [0.05, 0.1) is 5.71 Å². The topological polar surface area (TPSA) is 50.7 Å². The van der Waals surface area contributed by atoms with Gasteiger partial charge in [-0.05, 0) is 41.7 Å². The molecule has 0 radical (unpaired) electrons. The Bertz CT molecular complexity index is 762. The Morgan fingerprint density at radius 3 is 2.44 bits per heavy atom. The highest BCUT2D eigenvalue weighted by Crippen LogP contribution is 2.22. The van der Waals surface area contributed by atoms with Crippen LogP contribution in [0.4, 0.5) is 0 Å². The lowest BCUT2D eigenvalue weighted by Crippen LogP contribution is -2.25. The van der Waals surface area contributed by atoms with Crippen molar-refractivity contribution in [2.24, 2.45) is 5.10 Å². The van der Waals surface area contributed by atoms with Gasteiger partial charge in [-0.2, -0.15) is 5.10 Å². The van der Waals surface area contributed by atoms with E-state index in [0.717, 1.165) is 15.7 Å². The van der Waals surface area contributed by atoms with Gasteiger partial charge in [0.1, 0.15) is 5.75 Å². The van der Waals surface area contributed by atoms with E-state index in [1.54, 1.807) is 12.1 Å². The van der Waals surface area contributed by atoms with Gasteiger partial charge >= 0.3 is 0 Å². The average Bonchev–Trinajstić information content (AvgIpc) is 2.57. The summed E-state index contributed by atoms with van der Waals surface area (Å²) in [7, 11) is 0. The van der Waals surface area contributed by atoms with Crippen LogP contribution in [0.25, 0.3) is 0 Å². The maximum atomic E-state index is 11.9. The van der Waals surface area contributed by atoms with Crippen LogP contribution in [0.2, 0.25) is 0 Å². The maximum absolute atomic E-state index is 11.9. The second-order valence-corrected chi connectivity index (χ2v) is 7.72. The molecular weight excluding hydrogens is 380 g/mol. The fourth-order valence-electron chi connectivity index (χ4n) is 2.16. The Hall–Kier alpha value is -2.14. The minimum Gasteiger partial charge on any atom is -0.484 e. The number of ether oxygens (including phenoxy) is 1. The lowest BCUT2D eigenvalue weighted by molar-refractivity contribution is -0.123. The van der Waals surface area contributed by atoms with Crippen LogP contribution >= 0.6 is 15.9 Å². The van der Waals surface area contributed by atoms with E-state index in [1.165, 1.54) is 5.56 Å². The molecule has 0 atom stereocenters. The lowest BCUT2D eigenvalue weighted by atomic mass is 9.86. The SMILES string of the molecule is C/C(=N/NC(=O)COc1cccc(Br)c1)c1ccc(C(C)(C)C)cc1. The monoisotopic (exact) mass is 402 g/mol. The predicted molar refractivity (Wildman–Crippen MR) is 105 cm³/mol. The van der Waals surface area contributed by atoms with E-state index in [9.17, 15) is 4.79 Å². The van der Waals surface area contributed by atoms with Gasteiger partial charge in [-0.15, -0.1) is 0 Å². The van der Waals surface area contributed by atoms with Gasteiger partial charge in [-0.25, -0.2) is 5.43 Å². The highest BCUT2D eigenvalue weighted by Gasteiger charge is 2.13. The van der Waals surface area contributed by atoms with Gasteiger partial charge in [0.2, 0.25) is 0 Å². The molecule has 2 rings (SSSR count). The number of benzene rings is 2. The molecule has 0 fully saturated rings. The van der Waals surface area contributed by atoms with Gasteiger partial charge in [0.15, 0.2) is 6.61 Å². The van der Waals surface area contributed by atoms with Gasteiger partial charge in [0.25, 0.3) is 5.91 Å². The maximum Gasteiger partial charge on any atom is 0.277 e. The Labute approximate surface area is 157 Å². The summed E-state index contributed by atoms with van der Waals surface area (Å²) in [6.45, 7) is 8.30. The molecule has 4 nitrogen and oxygen atoms in total. The van der Waals surface area contributed by atoms with E-state index in [0.29, 0.717) is 5.75 Å². The largest absolute Gasteiger partial charge is 0.484 e. The quantitative estimate of drug-likeness (QED) is 0.583. The molecule has 5 heteroatoms. The standard InChI is InChI=1S/C20H23BrN2O2/c1-14(15-8-10-16(11-9-15)20(2,3)4)22-23-19(24)13-25-18-7-5-6-17(21)12-18/h5-12H,13H2,1-4H3,(H,23,24)/b22-14-. The van der Waals surface area contributed by atoms with Crippen molar-refractivity contribution in [2.75, 3.05) is 6.61 Å². The first-order chi connectivity index (χ1) is 11.8. The van der Waals surface area contributed by atoms with Gasteiger partial charge in [-0.1, -0.05) is 67.0 Å². The van der Waals surface area contributed by atoms with Crippen LogP contribution in [0.3, 0.4) is 0 Å². The van der Waals surface area contributed by atoms with E-state index in [2.05, 4.69) is 59.4 Å². The summed E-state index contributed by atoms with van der Waals surface area (Å²) in [5.41, 5.74) is 5.62. The van der Waals surface area contributed by atoms with Crippen molar-refractivity contribution < 1.29 is 9.53 Å². The minimum atomic E-state index is -0.300. The van der Waals surface area contributed by atoms with Crippen molar-refractivity contribution in [3.05, 3.63) is 64.1 Å². The van der Waals surface area contributed by atoms with Crippen LogP contribution in [-0.2, 0) is 10.2 Å². The van der Waals surface area contributed by atoms with Crippen LogP contribution < -0.4 is 10.2 Å². The molecule has 25 heavy (non-hydrogen) atoms. The van der Waals surface area contributed by atoms with Gasteiger partial charge in [-0.3, -0.25) is 4.79 Å². The zero-order valence-corrected chi connectivity index (χ0v) is 16.6. The molecule has 0 aliphatic rings. The van der Waals surface area contributed by atoms with E-state index in [-0.39, 0.29) is 17.9 Å². The predicted octanol–water partition coefficient (Wildman–Crippen LogP) is 4.67. The minimum absolute atomic E-state index is 0.0871. The zero-order valence-electron chi connectivity index (χ0n) is 15.0. The summed E-state index contributed by atoms with van der Waals surface area (Å²) in [6.07, 6.45) is 0. The Kier molecular flexibility index (Phi) is 6.37. The summed E-state index contributed by atoms with van der Waals surface area (Å²) in [6, 6.07) is 15.6. The van der Waals surface area contributed by atoms with Gasteiger partial charge < -0.3 is 4.74 Å². The summed E-state index contributed by atoms with van der Waals surface area (Å²) in [4.78, 5) is 11.9. The number of hydrazone groups is 1. The van der Waals surface area contributed by atoms with Crippen LogP contribution in [-0.4, -0.2) is 18.2 Å². The molecule has 0 saturated carbocycles. The third-order valence-electron chi connectivity index (χ3n) is 3.68. The first-order valence-electron chi connectivity index (χ1n) is 8.08. The van der Waals surface area contributed by atoms with Gasteiger partial charge in [0, 0.05) is 4.47 Å². The fraction of sp³-hybridized carbons (Fsp3) is 0.300. The van der Waals surface area contributed by atoms with Crippen LogP contribution in [0.1, 0.15) is 38.8 Å². The van der Waals surface area contributed by atoms with Crippen molar-refractivity contribution >= 4 is 27.5 Å². The second kappa shape index (κ2) is 8.30. The molecule has 0 bridgehead atoms. The second-order valence-electron chi connectivity index (χ2n) is 6.81. The highest BCUT2D eigenvalue weighted by molar-refractivity contribution is 9.10. The van der Waals surface area contributed by atoms with Crippen LogP contribution in [0.15, 0.2) is 58.1 Å². The van der Waals surface area contributed by atoms with Crippen molar-refractivity contribution in [3.8, 4) is 5.75 Å². The molecule has 0 unspecified atom stereocenters. The van der Waals surface area contributed by atoms with E-state index in [4.69, 9.17) is 4.74 Å². The Morgan fingerprint density at radius 1 is 1.16 bits per heavy atom. The number of nitrogens with zero attached hydrogens (tertiary/aromatic N) is 1. The summed E-state index contributed by atoms with van der Waals surface area (Å²) in [5.74, 6) is 0.327. The number of hydrogen-bond acceptors (Lipinski definition) is 3. The first-order valence-corrected chi connectivity index (χ1v) is 8.87. The lowest BCUT2D eigenvalue weighted by Gasteiger charge is -2.19. The average molecular weight is 403 g/mol. The molecule has 1 amide bonds. The number of hydrogen-bond donors (Lipinski definition) is 1.